The monoisotopic (exact) mass is 297 g/mol. The van der Waals surface area contributed by atoms with Gasteiger partial charge in [-0.05, 0) is 25.1 Å². The predicted molar refractivity (Wildman–Crippen MR) is 63.0 cm³/mol. The van der Waals surface area contributed by atoms with Crippen LogP contribution in [-0.4, -0.2) is 38.6 Å². The Balaban J connectivity index is 2.19. The highest BCUT2D eigenvalue weighted by Crippen LogP contribution is 2.27. The molecule has 5 nitrogen and oxygen atoms in total. The number of quaternary nitrogens is 1. The van der Waals surface area contributed by atoms with Gasteiger partial charge in [0.05, 0.1) is 6.54 Å². The lowest BCUT2D eigenvalue weighted by Crippen LogP contribution is -3.13. The van der Waals surface area contributed by atoms with E-state index >= 15 is 0 Å². The van der Waals surface area contributed by atoms with E-state index in [0.29, 0.717) is 6.54 Å². The van der Waals surface area contributed by atoms with Crippen LogP contribution in [-0.2, 0) is 19.9 Å². The molecule has 0 aromatic carbocycles. The first kappa shape index (κ1) is 14.5. The summed E-state index contributed by atoms with van der Waals surface area (Å²) in [5.41, 5.74) is 0. The van der Waals surface area contributed by atoms with E-state index in [1.54, 1.807) is 0 Å². The molecule has 1 saturated heterocycles. The molecule has 0 bridgehead atoms. The second-order valence-corrected chi connectivity index (χ2v) is 5.19. The van der Waals surface area contributed by atoms with Crippen molar-refractivity contribution in [3.05, 3.63) is 10.6 Å². The van der Waals surface area contributed by atoms with Crippen molar-refractivity contribution in [3.8, 4) is 0 Å². The van der Waals surface area contributed by atoms with Crippen LogP contribution in [0.5, 0.6) is 0 Å². The summed E-state index contributed by atoms with van der Waals surface area (Å²) in [5, 5.41) is 13.1. The van der Waals surface area contributed by atoms with Gasteiger partial charge >= 0.3 is 6.18 Å². The summed E-state index contributed by atoms with van der Waals surface area (Å²) in [5.74, 6) is -0.991. The molecule has 1 fully saturated rings. The van der Waals surface area contributed by atoms with Crippen LogP contribution < -0.4 is 4.90 Å². The van der Waals surface area contributed by atoms with Gasteiger partial charge in [0.1, 0.15) is 12.6 Å². The molecule has 2 N–H and O–H groups in total. The fourth-order valence-corrected chi connectivity index (χ4v) is 2.51. The third-order valence-corrected chi connectivity index (χ3v) is 3.74. The van der Waals surface area contributed by atoms with E-state index in [1.807, 2.05) is 0 Å². The molecule has 1 unspecified atom stereocenters. The van der Waals surface area contributed by atoms with Crippen molar-refractivity contribution in [2.24, 2.45) is 7.05 Å². The lowest BCUT2D eigenvalue weighted by molar-refractivity contribution is -0.931. The van der Waals surface area contributed by atoms with Crippen molar-refractivity contribution >= 4 is 12.2 Å². The zero-order valence-corrected chi connectivity index (χ0v) is 11.3. The van der Waals surface area contributed by atoms with Gasteiger partial charge in [-0.3, -0.25) is 4.57 Å². The fraction of sp³-hybridized carbons (Fsp3) is 0.800. The Bertz CT molecular complexity index is 510. The molecular weight excluding hydrogens is 281 g/mol. The van der Waals surface area contributed by atoms with Crippen molar-refractivity contribution in [1.82, 2.24) is 14.3 Å². The van der Waals surface area contributed by atoms with Crippen LogP contribution in [0.25, 0.3) is 0 Å². The molecular formula is C10H16F3N4OS+. The third-order valence-electron chi connectivity index (χ3n) is 3.26. The third kappa shape index (κ3) is 3.15. The number of aliphatic hydroxyl groups is 1. The van der Waals surface area contributed by atoms with Crippen LogP contribution in [0.3, 0.4) is 0 Å². The highest BCUT2D eigenvalue weighted by atomic mass is 32.1. The number of aromatic nitrogens is 3. The Labute approximate surface area is 113 Å². The van der Waals surface area contributed by atoms with Crippen molar-refractivity contribution in [2.75, 3.05) is 13.1 Å². The molecule has 2 rings (SSSR count). The van der Waals surface area contributed by atoms with Gasteiger partial charge in [0.25, 0.3) is 0 Å². The van der Waals surface area contributed by atoms with Crippen molar-refractivity contribution < 1.29 is 23.2 Å². The number of alkyl halides is 3. The SMILES string of the molecule is Cn1c(C(F)(F)F)nn(C[NH+]2CCC[C@H](O)C2)c1=S. The highest BCUT2D eigenvalue weighted by Gasteiger charge is 2.37. The van der Waals surface area contributed by atoms with E-state index in [4.69, 9.17) is 12.2 Å². The smallest absolute Gasteiger partial charge is 0.387 e. The number of likely N-dealkylation sites (tertiary alicyclic amines) is 1. The van der Waals surface area contributed by atoms with E-state index in [9.17, 15) is 18.3 Å². The van der Waals surface area contributed by atoms with Crippen LogP contribution in [0.15, 0.2) is 0 Å². The zero-order chi connectivity index (χ0) is 14.2. The van der Waals surface area contributed by atoms with Crippen LogP contribution in [0.2, 0.25) is 0 Å². The number of piperidine rings is 1. The first-order valence-electron chi connectivity index (χ1n) is 6.01. The standard InChI is InChI=1S/C10H15F3N4OS/c1-15-8(10(11,12)13)14-17(9(15)19)6-16-4-2-3-7(18)5-16/h7,18H,2-6H2,1H3/p+1/t7-/m0/s1. The molecule has 2 heterocycles. The number of rotatable bonds is 2. The van der Waals surface area contributed by atoms with Gasteiger partial charge in [0, 0.05) is 7.05 Å². The summed E-state index contributed by atoms with van der Waals surface area (Å²) in [6, 6.07) is 0. The average molecular weight is 297 g/mol. The topological polar surface area (TPSA) is 47.4 Å². The molecule has 0 aliphatic carbocycles. The molecule has 2 atom stereocenters. The van der Waals surface area contributed by atoms with Gasteiger partial charge in [-0.1, -0.05) is 0 Å². The zero-order valence-electron chi connectivity index (χ0n) is 10.4. The highest BCUT2D eigenvalue weighted by molar-refractivity contribution is 7.71. The Hall–Kier alpha value is -0.930. The maximum Gasteiger partial charge on any atom is 0.451 e. The van der Waals surface area contributed by atoms with Crippen molar-refractivity contribution in [3.63, 3.8) is 0 Å². The van der Waals surface area contributed by atoms with Crippen LogP contribution in [0, 0.1) is 4.77 Å². The Morgan fingerprint density at radius 2 is 2.21 bits per heavy atom. The summed E-state index contributed by atoms with van der Waals surface area (Å²) in [7, 11) is 1.26. The Kier molecular flexibility index (Phi) is 3.98. The Morgan fingerprint density at radius 3 is 2.74 bits per heavy atom. The van der Waals surface area contributed by atoms with Crippen LogP contribution in [0.1, 0.15) is 18.7 Å². The second-order valence-electron chi connectivity index (χ2n) is 4.82. The predicted octanol–water partition coefficient (Wildman–Crippen LogP) is -0.0330. The molecule has 19 heavy (non-hydrogen) atoms. The van der Waals surface area contributed by atoms with E-state index in [-0.39, 0.29) is 11.4 Å². The summed E-state index contributed by atoms with van der Waals surface area (Å²) < 4.78 is 40.2. The quantitative estimate of drug-likeness (QED) is 0.754. The van der Waals surface area contributed by atoms with Crippen LogP contribution in [0.4, 0.5) is 13.2 Å². The lowest BCUT2D eigenvalue weighted by atomic mass is 10.1. The summed E-state index contributed by atoms with van der Waals surface area (Å²) >= 11 is 4.97. The van der Waals surface area contributed by atoms with E-state index in [2.05, 4.69) is 5.10 Å². The average Bonchev–Trinajstić information content (AvgIpc) is 2.57. The fourth-order valence-electron chi connectivity index (χ4n) is 2.32. The number of nitrogens with one attached hydrogen (secondary N) is 1. The first-order chi connectivity index (χ1) is 8.79. The van der Waals surface area contributed by atoms with E-state index < -0.39 is 18.1 Å². The van der Waals surface area contributed by atoms with Crippen molar-refractivity contribution in [1.29, 1.82) is 0 Å². The van der Waals surface area contributed by atoms with Gasteiger partial charge < -0.3 is 10.0 Å². The largest absolute Gasteiger partial charge is 0.451 e. The van der Waals surface area contributed by atoms with Gasteiger partial charge in [-0.15, -0.1) is 5.10 Å². The normalized spacial score (nSPS) is 24.7. The van der Waals surface area contributed by atoms with Crippen molar-refractivity contribution in [2.45, 2.75) is 31.8 Å². The maximum absolute atomic E-state index is 12.7. The van der Waals surface area contributed by atoms with E-state index in [1.165, 1.54) is 11.7 Å². The Morgan fingerprint density at radius 1 is 1.53 bits per heavy atom. The molecule has 108 valence electrons. The van der Waals surface area contributed by atoms with E-state index in [0.717, 1.165) is 28.9 Å². The van der Waals surface area contributed by atoms with Gasteiger partial charge in [0.2, 0.25) is 10.6 Å². The minimum Gasteiger partial charge on any atom is -0.387 e. The van der Waals surface area contributed by atoms with Gasteiger partial charge in [0.15, 0.2) is 6.67 Å². The van der Waals surface area contributed by atoms with Crippen LogP contribution >= 0.6 is 12.2 Å². The molecule has 1 aliphatic heterocycles. The molecule has 0 radical (unpaired) electrons. The molecule has 1 aromatic rings. The second kappa shape index (κ2) is 5.22. The lowest BCUT2D eigenvalue weighted by Gasteiger charge is -2.26. The molecule has 0 spiro atoms. The number of hydrogen-bond donors (Lipinski definition) is 2. The molecule has 0 saturated carbocycles. The summed E-state index contributed by atoms with van der Waals surface area (Å²) in [6.45, 7) is 1.57. The number of hydrogen-bond acceptors (Lipinski definition) is 3. The minimum atomic E-state index is -4.51. The number of nitrogens with zero attached hydrogens (tertiary/aromatic N) is 3. The number of halogens is 3. The first-order valence-corrected chi connectivity index (χ1v) is 6.42. The van der Waals surface area contributed by atoms with Gasteiger partial charge in [-0.2, -0.15) is 17.9 Å². The molecule has 9 heteroatoms. The molecule has 1 aliphatic rings. The maximum atomic E-state index is 12.7. The molecule has 0 amide bonds. The van der Waals surface area contributed by atoms with Gasteiger partial charge in [-0.25, -0.2) is 0 Å². The summed E-state index contributed by atoms with van der Waals surface area (Å²) in [4.78, 5) is 0.988. The minimum absolute atomic E-state index is 0.0416. The molecule has 1 aromatic heterocycles. The summed E-state index contributed by atoms with van der Waals surface area (Å²) in [6.07, 6.45) is -3.32. The number of aliphatic hydroxyl groups excluding tert-OH is 1.